The van der Waals surface area contributed by atoms with Crippen LogP contribution in [0.25, 0.3) is 0 Å². The minimum absolute atomic E-state index is 0. The highest BCUT2D eigenvalue weighted by Crippen LogP contribution is 2.39. The van der Waals surface area contributed by atoms with E-state index in [-0.39, 0.29) is 29.8 Å². The molecule has 2 N–H and O–H groups in total. The van der Waals surface area contributed by atoms with E-state index in [1.165, 1.54) is 6.07 Å². The summed E-state index contributed by atoms with van der Waals surface area (Å²) in [4.78, 5) is 4.19. The van der Waals surface area contributed by atoms with Gasteiger partial charge < -0.3 is 24.8 Å². The summed E-state index contributed by atoms with van der Waals surface area (Å²) in [5.41, 5.74) is 1.56. The first kappa shape index (κ1) is 23.8. The van der Waals surface area contributed by atoms with Crippen LogP contribution in [-0.2, 0) is 13.0 Å². The lowest BCUT2D eigenvalue weighted by Gasteiger charge is -2.17. The van der Waals surface area contributed by atoms with Crippen LogP contribution < -0.4 is 24.8 Å². The van der Waals surface area contributed by atoms with E-state index in [0.29, 0.717) is 48.3 Å². The molecule has 0 aromatic heterocycles. The second kappa shape index (κ2) is 12.3. The molecule has 28 heavy (non-hydrogen) atoms. The molecule has 0 saturated carbocycles. The average molecular weight is 503 g/mol. The molecule has 0 aliphatic rings. The third-order valence-electron chi connectivity index (χ3n) is 4.10. The van der Waals surface area contributed by atoms with Gasteiger partial charge in [-0.2, -0.15) is 0 Å². The van der Waals surface area contributed by atoms with Crippen LogP contribution in [0, 0.1) is 5.82 Å². The lowest BCUT2D eigenvalue weighted by molar-refractivity contribution is 0.322. The van der Waals surface area contributed by atoms with Crippen molar-refractivity contribution in [1.82, 2.24) is 10.6 Å². The maximum Gasteiger partial charge on any atom is 0.203 e. The van der Waals surface area contributed by atoms with Crippen LogP contribution in [0.2, 0.25) is 0 Å². The monoisotopic (exact) mass is 503 g/mol. The van der Waals surface area contributed by atoms with E-state index < -0.39 is 0 Å². The fourth-order valence-electron chi connectivity index (χ4n) is 2.72. The average Bonchev–Trinajstić information content (AvgIpc) is 2.70. The van der Waals surface area contributed by atoms with Crippen molar-refractivity contribution >= 4 is 29.9 Å². The van der Waals surface area contributed by atoms with Gasteiger partial charge in [-0.1, -0.05) is 18.2 Å². The maximum absolute atomic E-state index is 13.7. The van der Waals surface area contributed by atoms with Gasteiger partial charge in [0.1, 0.15) is 5.82 Å². The topological polar surface area (TPSA) is 64.1 Å². The Morgan fingerprint density at radius 3 is 2.25 bits per heavy atom. The predicted molar refractivity (Wildman–Crippen MR) is 120 cm³/mol. The van der Waals surface area contributed by atoms with Gasteiger partial charge in [0.05, 0.1) is 21.3 Å². The zero-order valence-corrected chi connectivity index (χ0v) is 18.9. The summed E-state index contributed by atoms with van der Waals surface area (Å²) in [5, 5.41) is 6.40. The molecule has 0 atom stereocenters. The molecule has 0 heterocycles. The smallest absolute Gasteiger partial charge is 0.203 e. The van der Waals surface area contributed by atoms with E-state index in [2.05, 4.69) is 15.6 Å². The van der Waals surface area contributed by atoms with Gasteiger partial charge in [-0.05, 0) is 30.2 Å². The highest BCUT2D eigenvalue weighted by molar-refractivity contribution is 14.0. The minimum Gasteiger partial charge on any atom is -0.493 e. The number of hydrogen-bond donors (Lipinski definition) is 2. The number of hydrogen-bond acceptors (Lipinski definition) is 4. The Balaban J connectivity index is 0.00000392. The van der Waals surface area contributed by atoms with Crippen LogP contribution >= 0.6 is 24.0 Å². The number of halogens is 2. The van der Waals surface area contributed by atoms with Gasteiger partial charge in [0.15, 0.2) is 17.5 Å². The van der Waals surface area contributed by atoms with E-state index in [4.69, 9.17) is 14.2 Å². The Hall–Kier alpha value is -2.23. The van der Waals surface area contributed by atoms with Crippen LogP contribution in [-0.4, -0.2) is 40.9 Å². The van der Waals surface area contributed by atoms with Crippen molar-refractivity contribution in [3.8, 4) is 17.2 Å². The molecule has 2 aromatic rings. The molecule has 0 unspecified atom stereocenters. The first-order valence-corrected chi connectivity index (χ1v) is 8.60. The summed E-state index contributed by atoms with van der Waals surface area (Å²) in [6.45, 7) is 1.03. The third kappa shape index (κ3) is 6.15. The quantitative estimate of drug-likeness (QED) is 0.329. The fraction of sp³-hybridized carbons (Fsp3) is 0.350. The van der Waals surface area contributed by atoms with E-state index in [0.717, 1.165) is 5.56 Å². The molecule has 8 heteroatoms. The Morgan fingerprint density at radius 1 is 0.929 bits per heavy atom. The highest BCUT2D eigenvalue weighted by atomic mass is 127. The van der Waals surface area contributed by atoms with Gasteiger partial charge in [-0.15, -0.1) is 24.0 Å². The Bertz CT molecular complexity index is 787. The predicted octanol–water partition coefficient (Wildman–Crippen LogP) is 3.38. The minimum atomic E-state index is -0.197. The normalized spacial score (nSPS) is 10.7. The molecule has 0 fully saturated rings. The van der Waals surface area contributed by atoms with E-state index in [1.54, 1.807) is 40.5 Å². The van der Waals surface area contributed by atoms with Crippen LogP contribution in [0.5, 0.6) is 17.2 Å². The van der Waals surface area contributed by atoms with E-state index in [1.807, 2.05) is 18.2 Å². The maximum atomic E-state index is 13.7. The summed E-state index contributed by atoms with van der Waals surface area (Å²) in [6, 6.07) is 10.5. The van der Waals surface area contributed by atoms with Gasteiger partial charge in [-0.3, -0.25) is 4.99 Å². The second-order valence-corrected chi connectivity index (χ2v) is 5.69. The van der Waals surface area contributed by atoms with E-state index >= 15 is 0 Å². The largest absolute Gasteiger partial charge is 0.493 e. The lowest BCUT2D eigenvalue weighted by Crippen LogP contribution is -2.38. The lowest BCUT2D eigenvalue weighted by atomic mass is 10.1. The summed E-state index contributed by atoms with van der Waals surface area (Å²) in [7, 11) is 6.42. The van der Waals surface area contributed by atoms with Gasteiger partial charge in [0.2, 0.25) is 5.75 Å². The van der Waals surface area contributed by atoms with Crippen LogP contribution in [0.1, 0.15) is 11.1 Å². The number of benzene rings is 2. The zero-order valence-electron chi connectivity index (χ0n) is 16.5. The number of methoxy groups -OCH3 is 3. The second-order valence-electron chi connectivity index (χ2n) is 5.69. The van der Waals surface area contributed by atoms with Crippen LogP contribution in [0.4, 0.5) is 4.39 Å². The number of guanidine groups is 1. The SMILES string of the molecule is CN=C(NCCc1ccccc1F)NCc1ccc(OC)c(OC)c1OC.I. The van der Waals surface area contributed by atoms with Crippen molar-refractivity contribution in [2.24, 2.45) is 4.99 Å². The van der Waals surface area contributed by atoms with Gasteiger partial charge in [0.25, 0.3) is 0 Å². The molecule has 2 rings (SSSR count). The van der Waals surface area contributed by atoms with Crippen LogP contribution in [0.3, 0.4) is 0 Å². The van der Waals surface area contributed by atoms with Crippen molar-refractivity contribution in [3.63, 3.8) is 0 Å². The molecule has 2 aromatic carbocycles. The van der Waals surface area contributed by atoms with Crippen molar-refractivity contribution in [2.45, 2.75) is 13.0 Å². The third-order valence-corrected chi connectivity index (χ3v) is 4.10. The van der Waals surface area contributed by atoms with Gasteiger partial charge >= 0.3 is 0 Å². The van der Waals surface area contributed by atoms with Crippen molar-refractivity contribution < 1.29 is 18.6 Å². The van der Waals surface area contributed by atoms with Crippen molar-refractivity contribution in [3.05, 3.63) is 53.3 Å². The Kier molecular flexibility index (Phi) is 10.4. The highest BCUT2D eigenvalue weighted by Gasteiger charge is 2.15. The zero-order chi connectivity index (χ0) is 19.6. The van der Waals surface area contributed by atoms with Gasteiger partial charge in [0, 0.05) is 25.7 Å². The molecular weight excluding hydrogens is 476 g/mol. The van der Waals surface area contributed by atoms with Gasteiger partial charge in [-0.25, -0.2) is 4.39 Å². The summed E-state index contributed by atoms with van der Waals surface area (Å²) < 4.78 is 29.8. The molecule has 0 bridgehead atoms. The number of nitrogens with zero attached hydrogens (tertiary/aromatic N) is 1. The van der Waals surface area contributed by atoms with Crippen molar-refractivity contribution in [2.75, 3.05) is 34.9 Å². The number of ether oxygens (including phenoxy) is 3. The molecular formula is C20H27FIN3O3. The molecule has 0 spiro atoms. The van der Waals surface area contributed by atoms with Crippen molar-refractivity contribution in [1.29, 1.82) is 0 Å². The number of aliphatic imine (C=N–C) groups is 1. The standard InChI is InChI=1S/C20H26FN3O3.HI/c1-22-20(23-12-11-14-7-5-6-8-16(14)21)24-13-15-9-10-17(25-2)19(27-4)18(15)26-3;/h5-10H,11-13H2,1-4H3,(H2,22,23,24);1H. The summed E-state index contributed by atoms with van der Waals surface area (Å²) in [5.74, 6) is 2.17. The van der Waals surface area contributed by atoms with E-state index in [9.17, 15) is 4.39 Å². The molecule has 0 amide bonds. The molecule has 0 radical (unpaired) electrons. The number of rotatable bonds is 8. The first-order chi connectivity index (χ1) is 13.1. The first-order valence-electron chi connectivity index (χ1n) is 8.60. The summed E-state index contributed by atoms with van der Waals surface area (Å²) >= 11 is 0. The van der Waals surface area contributed by atoms with Crippen LogP contribution in [0.15, 0.2) is 41.4 Å². The summed E-state index contributed by atoms with van der Waals surface area (Å²) in [6.07, 6.45) is 0.563. The molecule has 0 saturated heterocycles. The molecule has 0 aliphatic carbocycles. The Labute approximate surface area is 182 Å². The molecule has 6 nitrogen and oxygen atoms in total. The molecule has 0 aliphatic heterocycles. The fourth-order valence-corrected chi connectivity index (χ4v) is 2.72. The molecule has 154 valence electrons. The Morgan fingerprint density at radius 2 is 1.64 bits per heavy atom. The number of nitrogens with one attached hydrogen (secondary N) is 2.